The highest BCUT2D eigenvalue weighted by Gasteiger charge is 2.21. The van der Waals surface area contributed by atoms with Crippen LogP contribution in [0.4, 0.5) is 0 Å². The van der Waals surface area contributed by atoms with Gasteiger partial charge in [-0.2, -0.15) is 0 Å². The Morgan fingerprint density at radius 2 is 1.71 bits per heavy atom. The van der Waals surface area contributed by atoms with Gasteiger partial charge in [0.25, 0.3) is 0 Å². The van der Waals surface area contributed by atoms with E-state index in [9.17, 15) is 5.11 Å². The van der Waals surface area contributed by atoms with Gasteiger partial charge in [0, 0.05) is 0 Å². The van der Waals surface area contributed by atoms with Crippen LogP contribution in [0.15, 0.2) is 30.3 Å². The van der Waals surface area contributed by atoms with Crippen LogP contribution in [-0.2, 0) is 0 Å². The Morgan fingerprint density at radius 3 is 2.14 bits per heavy atom. The minimum absolute atomic E-state index is 0.227. The molecular weight excluding hydrogens is 172 g/mol. The first kappa shape index (κ1) is 11.3. The van der Waals surface area contributed by atoms with E-state index in [4.69, 9.17) is 0 Å². The zero-order chi connectivity index (χ0) is 10.6. The van der Waals surface area contributed by atoms with E-state index < -0.39 is 0 Å². The van der Waals surface area contributed by atoms with E-state index in [0.717, 1.165) is 6.42 Å². The fraction of sp³-hybridized carbons (Fsp3) is 0.538. The maximum absolute atomic E-state index is 9.64. The lowest BCUT2D eigenvalue weighted by Crippen LogP contribution is -2.21. The van der Waals surface area contributed by atoms with Crippen LogP contribution in [-0.4, -0.2) is 11.2 Å². The molecule has 1 aromatic rings. The Morgan fingerprint density at radius 1 is 1.14 bits per heavy atom. The smallest absolute Gasteiger partial charge is 0.0545 e. The summed E-state index contributed by atoms with van der Waals surface area (Å²) < 4.78 is 0. The molecule has 0 heterocycles. The molecule has 0 aliphatic heterocycles. The predicted octanol–water partition coefficient (Wildman–Crippen LogP) is 3.20. The maximum Gasteiger partial charge on any atom is 0.0545 e. The van der Waals surface area contributed by atoms with Crippen LogP contribution in [0.5, 0.6) is 0 Å². The molecule has 1 rings (SSSR count). The van der Waals surface area contributed by atoms with Crippen LogP contribution in [0.2, 0.25) is 0 Å². The molecule has 1 nitrogen and oxygen atoms in total. The summed E-state index contributed by atoms with van der Waals surface area (Å²) in [5.74, 6) is 0.790. The molecule has 1 heteroatoms. The molecule has 0 aromatic heterocycles. The molecule has 0 aliphatic rings. The molecule has 0 aliphatic carbocycles. The monoisotopic (exact) mass is 192 g/mol. The summed E-state index contributed by atoms with van der Waals surface area (Å²) in [6.07, 6.45) is 0.795. The Hall–Kier alpha value is -0.820. The Bertz CT molecular complexity index is 253. The van der Waals surface area contributed by atoms with E-state index in [0.29, 0.717) is 11.8 Å². The molecule has 78 valence electrons. The zero-order valence-corrected chi connectivity index (χ0v) is 9.27. The van der Waals surface area contributed by atoms with Crippen LogP contribution in [0.1, 0.15) is 38.7 Å². The molecule has 3 unspecified atom stereocenters. The minimum Gasteiger partial charge on any atom is -0.393 e. The number of hydrogen-bond donors (Lipinski definition) is 1. The average Bonchev–Trinajstić information content (AvgIpc) is 2.19. The summed E-state index contributed by atoms with van der Waals surface area (Å²) in [4.78, 5) is 0. The van der Waals surface area contributed by atoms with Gasteiger partial charge in [-0.1, -0.05) is 50.6 Å². The molecule has 0 amide bonds. The van der Waals surface area contributed by atoms with Gasteiger partial charge in [-0.3, -0.25) is 0 Å². The van der Waals surface area contributed by atoms with E-state index in [1.165, 1.54) is 5.56 Å². The molecule has 0 spiro atoms. The zero-order valence-electron chi connectivity index (χ0n) is 9.27. The van der Waals surface area contributed by atoms with Crippen molar-refractivity contribution in [1.82, 2.24) is 0 Å². The summed E-state index contributed by atoms with van der Waals surface area (Å²) in [7, 11) is 0. The van der Waals surface area contributed by atoms with Gasteiger partial charge < -0.3 is 5.11 Å². The van der Waals surface area contributed by atoms with E-state index >= 15 is 0 Å². The number of aliphatic hydroxyl groups excluding tert-OH is 1. The topological polar surface area (TPSA) is 20.2 Å². The van der Waals surface area contributed by atoms with E-state index in [-0.39, 0.29) is 6.10 Å². The first-order valence-corrected chi connectivity index (χ1v) is 5.39. The highest BCUT2D eigenvalue weighted by molar-refractivity contribution is 5.19. The Labute approximate surface area is 86.8 Å². The molecule has 0 bridgehead atoms. The second-order valence-electron chi connectivity index (χ2n) is 4.01. The number of benzene rings is 1. The van der Waals surface area contributed by atoms with Crippen LogP contribution in [0, 0.1) is 5.92 Å². The third-order valence-electron chi connectivity index (χ3n) is 3.06. The fourth-order valence-corrected chi connectivity index (χ4v) is 2.12. The van der Waals surface area contributed by atoms with Crippen LogP contribution >= 0.6 is 0 Å². The van der Waals surface area contributed by atoms with Gasteiger partial charge in [0.1, 0.15) is 0 Å². The van der Waals surface area contributed by atoms with Crippen molar-refractivity contribution in [3.05, 3.63) is 35.9 Å². The Balaban J connectivity index is 2.78. The fourth-order valence-electron chi connectivity index (χ4n) is 2.12. The third-order valence-corrected chi connectivity index (χ3v) is 3.06. The van der Waals surface area contributed by atoms with Gasteiger partial charge in [-0.25, -0.2) is 0 Å². The summed E-state index contributed by atoms with van der Waals surface area (Å²) in [6, 6.07) is 10.4. The average molecular weight is 192 g/mol. The van der Waals surface area contributed by atoms with Crippen molar-refractivity contribution in [3.8, 4) is 0 Å². The van der Waals surface area contributed by atoms with Crippen LogP contribution < -0.4 is 0 Å². The summed E-state index contributed by atoms with van der Waals surface area (Å²) in [5.41, 5.74) is 1.32. The maximum atomic E-state index is 9.64. The van der Waals surface area contributed by atoms with Gasteiger partial charge in [0.2, 0.25) is 0 Å². The van der Waals surface area contributed by atoms with E-state index in [1.807, 2.05) is 13.0 Å². The quantitative estimate of drug-likeness (QED) is 0.776. The van der Waals surface area contributed by atoms with Gasteiger partial charge in [0.05, 0.1) is 6.10 Å². The molecule has 1 N–H and O–H groups in total. The lowest BCUT2D eigenvalue weighted by Gasteiger charge is -2.25. The molecule has 0 saturated heterocycles. The highest BCUT2D eigenvalue weighted by Crippen LogP contribution is 2.28. The van der Waals surface area contributed by atoms with E-state index in [1.54, 1.807) is 0 Å². The van der Waals surface area contributed by atoms with Crippen LogP contribution in [0.25, 0.3) is 0 Å². The second kappa shape index (κ2) is 5.16. The number of hydrogen-bond acceptors (Lipinski definition) is 1. The molecule has 1 aromatic carbocycles. The van der Waals surface area contributed by atoms with Gasteiger partial charge in [-0.05, 0) is 24.3 Å². The molecular formula is C13H20O. The van der Waals surface area contributed by atoms with Gasteiger partial charge >= 0.3 is 0 Å². The van der Waals surface area contributed by atoms with E-state index in [2.05, 4.69) is 38.1 Å². The largest absolute Gasteiger partial charge is 0.393 e. The lowest BCUT2D eigenvalue weighted by atomic mass is 9.83. The first-order chi connectivity index (χ1) is 6.66. The minimum atomic E-state index is -0.227. The third kappa shape index (κ3) is 2.58. The Kier molecular flexibility index (Phi) is 4.15. The van der Waals surface area contributed by atoms with Gasteiger partial charge in [0.15, 0.2) is 0 Å². The van der Waals surface area contributed by atoms with Crippen LogP contribution in [0.3, 0.4) is 0 Å². The molecule has 0 saturated carbocycles. The van der Waals surface area contributed by atoms with Crippen molar-refractivity contribution >= 4 is 0 Å². The normalized spacial score (nSPS) is 17.4. The van der Waals surface area contributed by atoms with Crippen molar-refractivity contribution in [1.29, 1.82) is 0 Å². The summed E-state index contributed by atoms with van der Waals surface area (Å²) in [5, 5.41) is 9.64. The standard InChI is InChI=1S/C13H20O/c1-4-13(11(3)14)10(2)12-8-6-5-7-9-12/h5-11,13-14H,4H2,1-3H3. The van der Waals surface area contributed by atoms with Gasteiger partial charge in [-0.15, -0.1) is 0 Å². The second-order valence-corrected chi connectivity index (χ2v) is 4.01. The molecule has 14 heavy (non-hydrogen) atoms. The van der Waals surface area contributed by atoms with Crippen molar-refractivity contribution in [2.24, 2.45) is 5.92 Å². The predicted molar refractivity (Wildman–Crippen MR) is 60.3 cm³/mol. The highest BCUT2D eigenvalue weighted by atomic mass is 16.3. The number of aliphatic hydroxyl groups is 1. The van der Waals surface area contributed by atoms with Crippen molar-refractivity contribution < 1.29 is 5.11 Å². The lowest BCUT2D eigenvalue weighted by molar-refractivity contribution is 0.109. The molecule has 0 radical (unpaired) electrons. The molecule has 0 fully saturated rings. The van der Waals surface area contributed by atoms with Crippen molar-refractivity contribution in [2.45, 2.75) is 39.2 Å². The molecule has 3 atom stereocenters. The number of rotatable bonds is 4. The summed E-state index contributed by atoms with van der Waals surface area (Å²) in [6.45, 7) is 6.21. The first-order valence-electron chi connectivity index (χ1n) is 5.39. The summed E-state index contributed by atoms with van der Waals surface area (Å²) >= 11 is 0. The SMILES string of the molecule is CCC(C(C)O)C(C)c1ccccc1. The van der Waals surface area contributed by atoms with Crippen molar-refractivity contribution in [3.63, 3.8) is 0 Å². The van der Waals surface area contributed by atoms with Crippen molar-refractivity contribution in [2.75, 3.05) is 0 Å².